The Morgan fingerprint density at radius 3 is 2.24 bits per heavy atom. The lowest BCUT2D eigenvalue weighted by Gasteiger charge is -2.31. The summed E-state index contributed by atoms with van der Waals surface area (Å²) in [5, 5.41) is 2.57. The van der Waals surface area contributed by atoms with Gasteiger partial charge in [0.25, 0.3) is 0 Å². The molecule has 0 spiro atoms. The van der Waals surface area contributed by atoms with E-state index in [2.05, 4.69) is 5.32 Å². The first kappa shape index (κ1) is 27.1. The van der Waals surface area contributed by atoms with Crippen molar-refractivity contribution in [3.05, 3.63) is 65.5 Å². The minimum absolute atomic E-state index is 0.155. The van der Waals surface area contributed by atoms with Crippen LogP contribution in [-0.2, 0) is 32.3 Å². The fraction of sp³-hybridized carbons (Fsp3) is 0.364. The molecule has 2 amide bonds. The number of anilines is 1. The molecular formula is C22H25F4N3O4S. The first-order chi connectivity index (χ1) is 15.7. The molecule has 0 saturated heterocycles. The summed E-state index contributed by atoms with van der Waals surface area (Å²) in [5.41, 5.74) is -0.959. The number of hydrogen-bond acceptors (Lipinski definition) is 4. The molecule has 0 aliphatic rings. The molecule has 34 heavy (non-hydrogen) atoms. The highest BCUT2D eigenvalue weighted by Gasteiger charge is 2.33. The molecule has 0 aliphatic carbocycles. The highest BCUT2D eigenvalue weighted by molar-refractivity contribution is 7.92. The van der Waals surface area contributed by atoms with Gasteiger partial charge in [-0.25, -0.2) is 12.8 Å². The highest BCUT2D eigenvalue weighted by Crippen LogP contribution is 2.32. The third kappa shape index (κ3) is 7.17. The van der Waals surface area contributed by atoms with Crippen LogP contribution in [0.1, 0.15) is 25.0 Å². The summed E-state index contributed by atoms with van der Waals surface area (Å²) < 4.78 is 78.1. The average molecular weight is 504 g/mol. The zero-order valence-corrected chi connectivity index (χ0v) is 19.6. The van der Waals surface area contributed by atoms with E-state index in [9.17, 15) is 35.6 Å². The summed E-state index contributed by atoms with van der Waals surface area (Å²) in [5.74, 6) is -1.85. The second-order valence-corrected chi connectivity index (χ2v) is 9.44. The molecule has 0 fully saturated rings. The smallest absolute Gasteiger partial charge is 0.355 e. The molecule has 2 aromatic carbocycles. The first-order valence-corrected chi connectivity index (χ1v) is 12.1. The summed E-state index contributed by atoms with van der Waals surface area (Å²) in [6, 6.07) is 7.69. The zero-order chi connectivity index (χ0) is 25.7. The average Bonchev–Trinajstić information content (AvgIpc) is 2.75. The Labute approximate surface area is 195 Å². The molecule has 1 N–H and O–H groups in total. The number of nitrogens with one attached hydrogen (secondary N) is 1. The van der Waals surface area contributed by atoms with Gasteiger partial charge in [0.1, 0.15) is 18.4 Å². The monoisotopic (exact) mass is 503 g/mol. The highest BCUT2D eigenvalue weighted by atomic mass is 32.2. The largest absolute Gasteiger partial charge is 0.416 e. The lowest BCUT2D eigenvalue weighted by atomic mass is 10.1. The molecule has 0 heterocycles. The van der Waals surface area contributed by atoms with Gasteiger partial charge >= 0.3 is 6.18 Å². The Balaban J connectivity index is 2.42. The molecule has 12 heteroatoms. The maximum absolute atomic E-state index is 13.3. The van der Waals surface area contributed by atoms with Crippen LogP contribution in [0.3, 0.4) is 0 Å². The van der Waals surface area contributed by atoms with Gasteiger partial charge in [0, 0.05) is 13.1 Å². The number of hydrogen-bond donors (Lipinski definition) is 1. The van der Waals surface area contributed by atoms with Crippen LogP contribution in [0, 0.1) is 5.82 Å². The molecule has 0 saturated carbocycles. The molecule has 2 rings (SSSR count). The third-order valence-corrected chi connectivity index (χ3v) is 6.07. The van der Waals surface area contributed by atoms with Crippen molar-refractivity contribution in [3.8, 4) is 0 Å². The maximum Gasteiger partial charge on any atom is 0.416 e. The minimum atomic E-state index is -4.72. The van der Waals surface area contributed by atoms with Crippen molar-refractivity contribution in [2.75, 3.05) is 23.7 Å². The SMILES string of the molecule is CCNC(=O)[C@H](C)N(Cc1ccc(F)cc1)C(=O)CN(c1cccc(C(F)(F)F)c1)S(C)(=O)=O. The maximum atomic E-state index is 13.3. The molecule has 0 unspecified atom stereocenters. The van der Waals surface area contributed by atoms with Crippen molar-refractivity contribution < 1.29 is 35.6 Å². The van der Waals surface area contributed by atoms with E-state index in [-0.39, 0.29) is 18.8 Å². The van der Waals surface area contributed by atoms with E-state index in [1.165, 1.54) is 31.2 Å². The van der Waals surface area contributed by atoms with E-state index < -0.39 is 52.0 Å². The van der Waals surface area contributed by atoms with Crippen molar-refractivity contribution in [3.63, 3.8) is 0 Å². The first-order valence-electron chi connectivity index (χ1n) is 10.2. The number of halogens is 4. The molecular weight excluding hydrogens is 478 g/mol. The van der Waals surface area contributed by atoms with Gasteiger partial charge in [0.2, 0.25) is 21.8 Å². The molecule has 0 bridgehead atoms. The number of likely N-dealkylation sites (N-methyl/N-ethyl adjacent to an activating group) is 1. The van der Waals surface area contributed by atoms with Crippen LogP contribution in [0.4, 0.5) is 23.2 Å². The topological polar surface area (TPSA) is 86.8 Å². The number of rotatable bonds is 9. The van der Waals surface area contributed by atoms with E-state index in [0.29, 0.717) is 15.9 Å². The molecule has 0 radical (unpaired) electrons. The lowest BCUT2D eigenvalue weighted by Crippen LogP contribution is -2.51. The normalized spacial score (nSPS) is 12.7. The number of sulfonamides is 1. The van der Waals surface area contributed by atoms with Crippen molar-refractivity contribution in [2.45, 2.75) is 32.6 Å². The predicted octanol–water partition coefficient (Wildman–Crippen LogP) is 3.16. The van der Waals surface area contributed by atoms with Gasteiger partial charge in [-0.3, -0.25) is 13.9 Å². The van der Waals surface area contributed by atoms with Crippen molar-refractivity contribution in [2.24, 2.45) is 0 Å². The summed E-state index contributed by atoms with van der Waals surface area (Å²) in [6.45, 7) is 2.39. The number of benzene rings is 2. The molecule has 0 aromatic heterocycles. The fourth-order valence-electron chi connectivity index (χ4n) is 3.14. The number of carbonyl (C=O) groups excluding carboxylic acids is 2. The Kier molecular flexibility index (Phi) is 8.65. The number of nitrogens with zero attached hydrogens (tertiary/aromatic N) is 2. The summed E-state index contributed by atoms with van der Waals surface area (Å²) >= 11 is 0. The van der Waals surface area contributed by atoms with E-state index in [1.54, 1.807) is 6.92 Å². The second-order valence-electron chi connectivity index (χ2n) is 7.54. The van der Waals surface area contributed by atoms with Gasteiger partial charge in [-0.05, 0) is 49.7 Å². The molecule has 1 atom stereocenters. The third-order valence-electron chi connectivity index (χ3n) is 4.93. The van der Waals surface area contributed by atoms with E-state index in [0.717, 1.165) is 29.4 Å². The van der Waals surface area contributed by atoms with Crippen LogP contribution in [0.25, 0.3) is 0 Å². The van der Waals surface area contributed by atoms with Gasteiger partial charge in [-0.2, -0.15) is 13.2 Å². The van der Waals surface area contributed by atoms with Gasteiger partial charge in [-0.15, -0.1) is 0 Å². The van der Waals surface area contributed by atoms with Crippen LogP contribution in [0.2, 0.25) is 0 Å². The van der Waals surface area contributed by atoms with E-state index >= 15 is 0 Å². The molecule has 7 nitrogen and oxygen atoms in total. The molecule has 186 valence electrons. The van der Waals surface area contributed by atoms with Crippen molar-refractivity contribution in [1.82, 2.24) is 10.2 Å². The summed E-state index contributed by atoms with van der Waals surface area (Å²) in [7, 11) is -4.18. The minimum Gasteiger partial charge on any atom is -0.355 e. The van der Waals surface area contributed by atoms with Crippen molar-refractivity contribution in [1.29, 1.82) is 0 Å². The molecule has 2 aromatic rings. The van der Waals surface area contributed by atoms with Crippen LogP contribution in [0.5, 0.6) is 0 Å². The number of alkyl halides is 3. The second kappa shape index (κ2) is 10.9. The Bertz CT molecular complexity index is 1120. The van der Waals surface area contributed by atoms with Crippen molar-refractivity contribution >= 4 is 27.5 Å². The summed E-state index contributed by atoms with van der Waals surface area (Å²) in [6.07, 6.45) is -3.96. The van der Waals surface area contributed by atoms with Crippen LogP contribution in [-0.4, -0.2) is 50.5 Å². The van der Waals surface area contributed by atoms with Gasteiger partial charge in [0.05, 0.1) is 17.5 Å². The van der Waals surface area contributed by atoms with Gasteiger partial charge in [-0.1, -0.05) is 18.2 Å². The molecule has 0 aliphatic heterocycles. The lowest BCUT2D eigenvalue weighted by molar-refractivity contribution is -0.139. The Hall–Kier alpha value is -3.15. The Morgan fingerprint density at radius 1 is 1.09 bits per heavy atom. The van der Waals surface area contributed by atoms with E-state index in [1.807, 2.05) is 0 Å². The number of amides is 2. The van der Waals surface area contributed by atoms with Gasteiger partial charge < -0.3 is 10.2 Å². The van der Waals surface area contributed by atoms with E-state index in [4.69, 9.17) is 0 Å². The Morgan fingerprint density at radius 2 is 1.71 bits per heavy atom. The van der Waals surface area contributed by atoms with Crippen LogP contribution in [0.15, 0.2) is 48.5 Å². The fourth-order valence-corrected chi connectivity index (χ4v) is 3.98. The van der Waals surface area contributed by atoms with Crippen LogP contribution < -0.4 is 9.62 Å². The summed E-state index contributed by atoms with van der Waals surface area (Å²) in [4.78, 5) is 26.7. The number of carbonyl (C=O) groups is 2. The van der Waals surface area contributed by atoms with Gasteiger partial charge in [0.15, 0.2) is 0 Å². The predicted molar refractivity (Wildman–Crippen MR) is 119 cm³/mol. The quantitative estimate of drug-likeness (QED) is 0.533. The standard InChI is InChI=1S/C22H25F4N3O4S/c1-4-27-21(31)15(2)28(13-16-8-10-18(23)11-9-16)20(30)14-29(34(3,32)33)19-7-5-6-17(12-19)22(24,25)26/h5-12,15H,4,13-14H2,1-3H3,(H,27,31)/t15-/m0/s1. The zero-order valence-electron chi connectivity index (χ0n) is 18.8. The van der Waals surface area contributed by atoms with Crippen LogP contribution >= 0.6 is 0 Å².